The van der Waals surface area contributed by atoms with Gasteiger partial charge in [0.15, 0.2) is 11.6 Å². The van der Waals surface area contributed by atoms with Crippen molar-refractivity contribution in [3.63, 3.8) is 0 Å². The summed E-state index contributed by atoms with van der Waals surface area (Å²) in [6, 6.07) is 4.06. The SMILES string of the molecule is COC(=O)CSc1n[nH]c(-c2ccc(O)c([NH+]([O-])O)c2)n1. The molecule has 0 spiro atoms. The largest absolute Gasteiger partial charge is 0.595 e. The highest BCUT2D eigenvalue weighted by Crippen LogP contribution is 2.26. The van der Waals surface area contributed by atoms with Gasteiger partial charge in [-0.05, 0) is 12.1 Å². The van der Waals surface area contributed by atoms with Gasteiger partial charge in [0.25, 0.3) is 0 Å². The number of ether oxygens (including phenoxy) is 1. The van der Waals surface area contributed by atoms with Gasteiger partial charge in [-0.15, -0.1) is 5.10 Å². The second-order valence-electron chi connectivity index (χ2n) is 3.87. The van der Waals surface area contributed by atoms with E-state index in [1.165, 1.54) is 25.3 Å². The minimum atomic E-state index is -1.24. The van der Waals surface area contributed by atoms with Gasteiger partial charge in [-0.3, -0.25) is 9.89 Å². The molecule has 21 heavy (non-hydrogen) atoms. The predicted octanol–water partition coefficient (Wildman–Crippen LogP) is -0.154. The van der Waals surface area contributed by atoms with Crippen LogP contribution >= 0.6 is 11.8 Å². The molecule has 4 N–H and O–H groups in total. The van der Waals surface area contributed by atoms with Gasteiger partial charge < -0.3 is 15.1 Å². The molecule has 0 fully saturated rings. The molecular formula is C11H12N4O5S. The summed E-state index contributed by atoms with van der Waals surface area (Å²) in [6.07, 6.45) is 0. The standard InChI is InChI=1S/C11H12N4O5S/c1-20-9(17)5-21-11-12-10(13-14-11)6-2-3-8(16)7(4-6)15(18)19/h2-4,15-16,18H,5H2,1H3,(H,12,13,14). The van der Waals surface area contributed by atoms with E-state index in [1.54, 1.807) is 0 Å². The van der Waals surface area contributed by atoms with E-state index in [4.69, 9.17) is 5.21 Å². The number of carbonyl (C=O) groups excluding carboxylic acids is 1. The van der Waals surface area contributed by atoms with Crippen LogP contribution in [0.3, 0.4) is 0 Å². The number of thioether (sulfide) groups is 1. The number of H-pyrrole nitrogens is 1. The Bertz CT molecular complexity index is 645. The first kappa shape index (κ1) is 15.3. The number of rotatable bonds is 5. The summed E-state index contributed by atoms with van der Waals surface area (Å²) in [5.74, 6) is -0.316. The van der Waals surface area contributed by atoms with E-state index < -0.39 is 11.2 Å². The van der Waals surface area contributed by atoms with Crippen molar-refractivity contribution in [2.24, 2.45) is 0 Å². The molecule has 1 aromatic heterocycles. The number of phenols is 1. The average Bonchev–Trinajstić information content (AvgIpc) is 2.93. The van der Waals surface area contributed by atoms with E-state index in [0.29, 0.717) is 16.5 Å². The van der Waals surface area contributed by atoms with Crippen molar-refractivity contribution in [1.29, 1.82) is 0 Å². The second-order valence-corrected chi connectivity index (χ2v) is 4.81. The molecule has 0 radical (unpaired) electrons. The van der Waals surface area contributed by atoms with Gasteiger partial charge >= 0.3 is 5.97 Å². The molecule has 10 heteroatoms. The van der Waals surface area contributed by atoms with E-state index in [9.17, 15) is 15.1 Å². The van der Waals surface area contributed by atoms with Crippen molar-refractivity contribution in [2.45, 2.75) is 5.16 Å². The monoisotopic (exact) mass is 312 g/mol. The molecule has 1 unspecified atom stereocenters. The molecule has 9 nitrogen and oxygen atoms in total. The Hall–Kier alpha value is -2.14. The van der Waals surface area contributed by atoms with Crippen LogP contribution in [0.25, 0.3) is 11.4 Å². The lowest BCUT2D eigenvalue weighted by molar-refractivity contribution is -0.991. The molecule has 0 aliphatic heterocycles. The van der Waals surface area contributed by atoms with Gasteiger partial charge in [-0.25, -0.2) is 10.2 Å². The Balaban J connectivity index is 2.17. The zero-order valence-corrected chi connectivity index (χ0v) is 11.7. The highest BCUT2D eigenvalue weighted by molar-refractivity contribution is 7.99. The summed E-state index contributed by atoms with van der Waals surface area (Å²) >= 11 is 1.09. The molecule has 1 aromatic carbocycles. The van der Waals surface area contributed by atoms with Crippen LogP contribution in [-0.4, -0.2) is 44.3 Å². The maximum atomic E-state index is 11.0. The van der Waals surface area contributed by atoms with Gasteiger partial charge in [0.2, 0.25) is 10.8 Å². The lowest BCUT2D eigenvalue weighted by Crippen LogP contribution is -2.99. The fourth-order valence-electron chi connectivity index (χ4n) is 1.48. The quantitative estimate of drug-likeness (QED) is 0.259. The third kappa shape index (κ3) is 3.70. The first-order chi connectivity index (χ1) is 10.0. The van der Waals surface area contributed by atoms with Gasteiger partial charge in [-0.2, -0.15) is 5.23 Å². The Morgan fingerprint density at radius 1 is 1.57 bits per heavy atom. The topological polar surface area (TPSA) is 136 Å². The lowest BCUT2D eigenvalue weighted by atomic mass is 10.2. The lowest BCUT2D eigenvalue weighted by Gasteiger charge is -2.13. The molecule has 2 aromatic rings. The number of hydrogen-bond acceptors (Lipinski definition) is 8. The fraction of sp³-hybridized carbons (Fsp3) is 0.182. The third-order valence-corrected chi connectivity index (χ3v) is 3.33. The van der Waals surface area contributed by atoms with Crippen LogP contribution in [0.1, 0.15) is 0 Å². The van der Waals surface area contributed by atoms with E-state index in [0.717, 1.165) is 11.8 Å². The van der Waals surface area contributed by atoms with Gasteiger partial charge in [-0.1, -0.05) is 11.8 Å². The third-order valence-electron chi connectivity index (χ3n) is 2.51. The number of aromatic amines is 1. The molecule has 0 saturated heterocycles. The van der Waals surface area contributed by atoms with Crippen molar-refractivity contribution in [3.8, 4) is 17.1 Å². The van der Waals surface area contributed by atoms with E-state index in [-0.39, 0.29) is 17.2 Å². The molecular weight excluding hydrogens is 300 g/mol. The Kier molecular flexibility index (Phi) is 4.75. The second kappa shape index (κ2) is 6.54. The normalized spacial score (nSPS) is 12.1. The number of esters is 1. The molecule has 0 saturated carbocycles. The Labute approximate surface area is 123 Å². The maximum Gasteiger partial charge on any atom is 0.316 e. The number of methoxy groups -OCH3 is 1. The summed E-state index contributed by atoms with van der Waals surface area (Å²) in [5.41, 5.74) is 0.232. The molecule has 0 aliphatic carbocycles. The molecule has 0 bridgehead atoms. The van der Waals surface area contributed by atoms with E-state index >= 15 is 0 Å². The zero-order valence-electron chi connectivity index (χ0n) is 10.9. The van der Waals surface area contributed by atoms with Crippen molar-refractivity contribution >= 4 is 23.4 Å². The fourth-order valence-corrected chi connectivity index (χ4v) is 2.11. The number of phenolic OH excluding ortho intramolecular Hbond substituents is 1. The van der Waals surface area contributed by atoms with Crippen LogP contribution in [0.5, 0.6) is 5.75 Å². The first-order valence-corrected chi connectivity index (χ1v) is 6.68. The number of carbonyl (C=O) groups is 1. The number of aromatic hydroxyl groups is 1. The molecule has 2 rings (SSSR count). The van der Waals surface area contributed by atoms with Gasteiger partial charge in [0.05, 0.1) is 12.9 Å². The number of nitrogens with zero attached hydrogens (tertiary/aromatic N) is 2. The van der Waals surface area contributed by atoms with Crippen LogP contribution in [0.15, 0.2) is 23.4 Å². The number of hydrogen-bond donors (Lipinski definition) is 4. The van der Waals surface area contributed by atoms with E-state index in [2.05, 4.69) is 19.9 Å². The molecule has 0 aliphatic rings. The van der Waals surface area contributed by atoms with Crippen molar-refractivity contribution < 1.29 is 25.1 Å². The van der Waals surface area contributed by atoms with Gasteiger partial charge in [0, 0.05) is 11.6 Å². The highest BCUT2D eigenvalue weighted by Gasteiger charge is 2.13. The smallest absolute Gasteiger partial charge is 0.316 e. The average molecular weight is 312 g/mol. The summed E-state index contributed by atoms with van der Waals surface area (Å²) < 4.78 is 4.50. The van der Waals surface area contributed by atoms with Crippen molar-refractivity contribution in [3.05, 3.63) is 23.4 Å². The molecule has 112 valence electrons. The van der Waals surface area contributed by atoms with Crippen molar-refractivity contribution in [1.82, 2.24) is 15.2 Å². The van der Waals surface area contributed by atoms with Crippen LogP contribution in [0.2, 0.25) is 0 Å². The Morgan fingerprint density at radius 2 is 2.33 bits per heavy atom. The summed E-state index contributed by atoms with van der Waals surface area (Å²) in [7, 11) is 1.29. The van der Waals surface area contributed by atoms with Gasteiger partial charge in [0.1, 0.15) is 0 Å². The molecule has 1 heterocycles. The summed E-state index contributed by atoms with van der Waals surface area (Å²) in [5, 5.41) is 35.0. The highest BCUT2D eigenvalue weighted by atomic mass is 32.2. The number of quaternary nitrogens is 1. The summed E-state index contributed by atoms with van der Waals surface area (Å²) in [4.78, 5) is 15.1. The number of aromatic nitrogens is 3. The van der Waals surface area contributed by atoms with Crippen LogP contribution in [0, 0.1) is 5.21 Å². The van der Waals surface area contributed by atoms with Crippen molar-refractivity contribution in [2.75, 3.05) is 12.9 Å². The molecule has 1 atom stereocenters. The Morgan fingerprint density at radius 3 is 3.00 bits per heavy atom. The predicted molar refractivity (Wildman–Crippen MR) is 72.0 cm³/mol. The van der Waals surface area contributed by atoms with Crippen LogP contribution in [0.4, 0.5) is 5.69 Å². The van der Waals surface area contributed by atoms with Crippen LogP contribution < -0.4 is 5.23 Å². The minimum absolute atomic E-state index is 0.0732. The van der Waals surface area contributed by atoms with E-state index in [1.807, 2.05) is 0 Å². The minimum Gasteiger partial charge on any atom is -0.595 e. The number of nitrogens with one attached hydrogen (secondary N) is 2. The first-order valence-electron chi connectivity index (χ1n) is 5.70. The van der Waals surface area contributed by atoms with Crippen LogP contribution in [-0.2, 0) is 9.53 Å². The molecule has 0 amide bonds. The summed E-state index contributed by atoms with van der Waals surface area (Å²) in [6.45, 7) is 0. The zero-order chi connectivity index (χ0) is 15.4. The maximum absolute atomic E-state index is 11.0. The number of benzene rings is 1.